The molecule has 96 valence electrons. The van der Waals surface area contributed by atoms with Gasteiger partial charge in [0.25, 0.3) is 0 Å². The van der Waals surface area contributed by atoms with Crippen LogP contribution in [0.25, 0.3) is 0 Å². The number of nitrogens with two attached hydrogens (primary N) is 1. The first-order valence-electron chi connectivity index (χ1n) is 5.97. The van der Waals surface area contributed by atoms with Crippen LogP contribution in [-0.2, 0) is 11.3 Å². The summed E-state index contributed by atoms with van der Waals surface area (Å²) in [6.07, 6.45) is 2.05. The van der Waals surface area contributed by atoms with E-state index < -0.39 is 5.97 Å². The maximum atomic E-state index is 11.6. The normalized spacial score (nSPS) is 10.9. The number of rotatable bonds is 5. The molecule has 0 bridgehead atoms. The second-order valence-corrected chi connectivity index (χ2v) is 4.37. The number of ether oxygens (including phenoxy) is 1. The number of nitrogen functional groups attached to an aromatic ring is 1. The van der Waals surface area contributed by atoms with Crippen LogP contribution >= 0.6 is 0 Å². The van der Waals surface area contributed by atoms with E-state index in [0.29, 0.717) is 11.5 Å². The van der Waals surface area contributed by atoms with Gasteiger partial charge in [-0.1, -0.05) is 27.2 Å². The molecule has 1 rings (SSSR count). The van der Waals surface area contributed by atoms with Gasteiger partial charge in [-0.25, -0.2) is 9.48 Å². The summed E-state index contributed by atoms with van der Waals surface area (Å²) >= 11 is 0. The summed E-state index contributed by atoms with van der Waals surface area (Å²) in [6, 6.07) is 0. The fourth-order valence-corrected chi connectivity index (χ4v) is 1.78. The average Bonchev–Trinajstić information content (AvgIpc) is 2.63. The quantitative estimate of drug-likeness (QED) is 0.799. The van der Waals surface area contributed by atoms with Crippen molar-refractivity contribution in [1.82, 2.24) is 9.78 Å². The lowest BCUT2D eigenvalue weighted by atomic mass is 10.0. The molecule has 0 saturated carbocycles. The highest BCUT2D eigenvalue weighted by atomic mass is 16.5. The molecule has 0 saturated heterocycles. The van der Waals surface area contributed by atoms with Crippen molar-refractivity contribution in [2.75, 3.05) is 12.8 Å². The molecule has 1 aromatic rings. The Labute approximate surface area is 102 Å². The third-order valence-electron chi connectivity index (χ3n) is 2.71. The van der Waals surface area contributed by atoms with Crippen molar-refractivity contribution >= 4 is 11.8 Å². The fourth-order valence-electron chi connectivity index (χ4n) is 1.78. The molecule has 5 heteroatoms. The molecule has 0 amide bonds. The number of methoxy groups -OCH3 is 1. The summed E-state index contributed by atoms with van der Waals surface area (Å²) in [5.74, 6) is 0.309. The van der Waals surface area contributed by atoms with Gasteiger partial charge >= 0.3 is 5.97 Å². The number of unbranched alkanes of at least 4 members (excludes halogenated alkanes) is 1. The van der Waals surface area contributed by atoms with Crippen molar-refractivity contribution in [2.45, 2.75) is 46.1 Å². The Hall–Kier alpha value is -1.52. The summed E-state index contributed by atoms with van der Waals surface area (Å²) in [4.78, 5) is 11.6. The monoisotopic (exact) mass is 239 g/mol. The molecule has 0 aliphatic heterocycles. The lowest BCUT2D eigenvalue weighted by molar-refractivity contribution is 0.0591. The van der Waals surface area contributed by atoms with E-state index in [0.717, 1.165) is 24.9 Å². The molecule has 0 spiro atoms. The van der Waals surface area contributed by atoms with E-state index in [1.165, 1.54) is 7.11 Å². The van der Waals surface area contributed by atoms with Crippen molar-refractivity contribution < 1.29 is 9.53 Å². The first-order valence-corrected chi connectivity index (χ1v) is 5.97. The maximum absolute atomic E-state index is 11.6. The Morgan fingerprint density at radius 2 is 2.18 bits per heavy atom. The van der Waals surface area contributed by atoms with Gasteiger partial charge in [0.2, 0.25) is 0 Å². The molecule has 0 aliphatic rings. The Morgan fingerprint density at radius 1 is 1.53 bits per heavy atom. The molecule has 0 unspecified atom stereocenters. The van der Waals surface area contributed by atoms with Crippen molar-refractivity contribution in [3.05, 3.63) is 11.3 Å². The van der Waals surface area contributed by atoms with Crippen LogP contribution < -0.4 is 5.73 Å². The molecule has 0 aliphatic carbocycles. The summed E-state index contributed by atoms with van der Waals surface area (Å²) in [7, 11) is 1.35. The Bertz CT molecular complexity index is 397. The van der Waals surface area contributed by atoms with Gasteiger partial charge in [0.1, 0.15) is 5.82 Å². The predicted molar refractivity (Wildman–Crippen MR) is 67.0 cm³/mol. The summed E-state index contributed by atoms with van der Waals surface area (Å²) < 4.78 is 6.43. The third kappa shape index (κ3) is 2.78. The lowest BCUT2D eigenvalue weighted by Gasteiger charge is -2.06. The van der Waals surface area contributed by atoms with Crippen LogP contribution in [0.5, 0.6) is 0 Å². The molecule has 0 radical (unpaired) electrons. The zero-order chi connectivity index (χ0) is 13.0. The van der Waals surface area contributed by atoms with Crippen LogP contribution in [-0.4, -0.2) is 22.9 Å². The Kier molecular flexibility index (Phi) is 4.54. The van der Waals surface area contributed by atoms with Gasteiger partial charge in [0.05, 0.1) is 7.11 Å². The van der Waals surface area contributed by atoms with Crippen LogP contribution in [0.3, 0.4) is 0 Å². The Morgan fingerprint density at radius 3 is 2.65 bits per heavy atom. The van der Waals surface area contributed by atoms with Crippen molar-refractivity contribution in [1.29, 1.82) is 0 Å². The van der Waals surface area contributed by atoms with E-state index in [-0.39, 0.29) is 5.92 Å². The second-order valence-electron chi connectivity index (χ2n) is 4.37. The molecular weight excluding hydrogens is 218 g/mol. The number of hydrogen-bond donors (Lipinski definition) is 1. The summed E-state index contributed by atoms with van der Waals surface area (Å²) in [5.41, 5.74) is 7.16. The van der Waals surface area contributed by atoms with Crippen molar-refractivity contribution in [3.8, 4) is 0 Å². The van der Waals surface area contributed by atoms with Gasteiger partial charge in [-0.15, -0.1) is 0 Å². The van der Waals surface area contributed by atoms with E-state index in [1.54, 1.807) is 4.68 Å². The minimum absolute atomic E-state index is 0.152. The van der Waals surface area contributed by atoms with Gasteiger partial charge in [-0.3, -0.25) is 0 Å². The number of hydrogen-bond acceptors (Lipinski definition) is 4. The molecule has 0 fully saturated rings. The molecule has 0 atom stereocenters. The lowest BCUT2D eigenvalue weighted by Crippen LogP contribution is -2.07. The van der Waals surface area contributed by atoms with E-state index >= 15 is 0 Å². The van der Waals surface area contributed by atoms with E-state index in [9.17, 15) is 4.79 Å². The zero-order valence-electron chi connectivity index (χ0n) is 11.0. The second kappa shape index (κ2) is 5.70. The number of esters is 1. The maximum Gasteiger partial charge on any atom is 0.358 e. The number of aryl methyl sites for hydroxylation is 1. The molecule has 2 N–H and O–H groups in total. The molecule has 1 aromatic heterocycles. The van der Waals surface area contributed by atoms with Gasteiger partial charge < -0.3 is 10.5 Å². The SMILES string of the molecule is CCCCn1nc(C(=O)OC)c(C(C)C)c1N. The predicted octanol–water partition coefficient (Wildman–Crippen LogP) is 2.18. The smallest absolute Gasteiger partial charge is 0.358 e. The molecule has 1 heterocycles. The number of carbonyl (C=O) groups excluding carboxylic acids is 1. The molecule has 17 heavy (non-hydrogen) atoms. The van der Waals surface area contributed by atoms with E-state index in [1.807, 2.05) is 13.8 Å². The Balaban J connectivity index is 3.15. The van der Waals surface area contributed by atoms with E-state index in [4.69, 9.17) is 10.5 Å². The molecular formula is C12H21N3O2. The highest BCUT2D eigenvalue weighted by Gasteiger charge is 2.23. The zero-order valence-corrected chi connectivity index (χ0v) is 11.0. The van der Waals surface area contributed by atoms with Crippen molar-refractivity contribution in [2.24, 2.45) is 0 Å². The van der Waals surface area contributed by atoms with Crippen LogP contribution in [0, 0.1) is 0 Å². The molecule has 5 nitrogen and oxygen atoms in total. The van der Waals surface area contributed by atoms with Crippen molar-refractivity contribution in [3.63, 3.8) is 0 Å². The largest absolute Gasteiger partial charge is 0.464 e. The summed E-state index contributed by atoms with van der Waals surface area (Å²) in [6.45, 7) is 6.82. The number of carbonyl (C=O) groups is 1. The van der Waals surface area contributed by atoms with Gasteiger partial charge in [-0.2, -0.15) is 5.10 Å². The van der Waals surface area contributed by atoms with E-state index in [2.05, 4.69) is 12.0 Å². The van der Waals surface area contributed by atoms with Crippen LogP contribution in [0.2, 0.25) is 0 Å². The third-order valence-corrected chi connectivity index (χ3v) is 2.71. The van der Waals surface area contributed by atoms with Gasteiger partial charge in [-0.05, 0) is 12.3 Å². The number of anilines is 1. The highest BCUT2D eigenvalue weighted by Crippen LogP contribution is 2.26. The standard InChI is InChI=1S/C12H21N3O2/c1-5-6-7-15-11(13)9(8(2)3)10(14-15)12(16)17-4/h8H,5-7,13H2,1-4H3. The average molecular weight is 239 g/mol. The number of nitrogens with zero attached hydrogens (tertiary/aromatic N) is 2. The van der Waals surface area contributed by atoms with Crippen LogP contribution in [0.4, 0.5) is 5.82 Å². The topological polar surface area (TPSA) is 70.1 Å². The highest BCUT2D eigenvalue weighted by molar-refractivity contribution is 5.90. The first-order chi connectivity index (χ1) is 8.02. The minimum atomic E-state index is -0.421. The number of aromatic nitrogens is 2. The first kappa shape index (κ1) is 13.5. The van der Waals surface area contributed by atoms with Crippen LogP contribution in [0.15, 0.2) is 0 Å². The van der Waals surface area contributed by atoms with Gasteiger partial charge in [0.15, 0.2) is 5.69 Å². The summed E-state index contributed by atoms with van der Waals surface area (Å²) in [5, 5.41) is 4.26. The fraction of sp³-hybridized carbons (Fsp3) is 0.667. The van der Waals surface area contributed by atoms with Gasteiger partial charge in [0, 0.05) is 12.1 Å². The minimum Gasteiger partial charge on any atom is -0.464 e. The van der Waals surface area contributed by atoms with Crippen LogP contribution in [0.1, 0.15) is 55.6 Å². The molecule has 0 aromatic carbocycles.